The van der Waals surface area contributed by atoms with E-state index in [9.17, 15) is 12.8 Å². The largest absolute Gasteiger partial charge is 0.277 e. The van der Waals surface area contributed by atoms with Crippen molar-refractivity contribution in [3.8, 4) is 11.3 Å². The molecule has 1 aromatic heterocycles. The number of hydrogen-bond donors (Lipinski definition) is 2. The summed E-state index contributed by atoms with van der Waals surface area (Å²) in [7, 11) is -3.77. The molecule has 0 radical (unpaired) electrons. The lowest BCUT2D eigenvalue weighted by atomic mass is 10.1. The van der Waals surface area contributed by atoms with Crippen LogP contribution in [0.5, 0.6) is 0 Å². The molecule has 1 heterocycles. The lowest BCUT2D eigenvalue weighted by molar-refractivity contribution is 0.584. The predicted octanol–water partition coefficient (Wildman–Crippen LogP) is 3.15. The van der Waals surface area contributed by atoms with Crippen LogP contribution in [-0.4, -0.2) is 24.8 Å². The number of H-pyrrole nitrogens is 1. The van der Waals surface area contributed by atoms with Gasteiger partial charge >= 0.3 is 0 Å². The number of aromatic nitrogens is 2. The first-order valence-electron chi connectivity index (χ1n) is 7.78. The summed E-state index contributed by atoms with van der Waals surface area (Å²) in [5.74, 6) is -0.343. The molecule has 0 aliphatic carbocycles. The third kappa shape index (κ3) is 3.80. The van der Waals surface area contributed by atoms with Gasteiger partial charge in [0.15, 0.2) is 0 Å². The standard InChI is InChI=1S/C18H17FN4O2S/c1-12-3-8-17(13(2)9-12)26(24,25)23-21-11-15-10-20-22-18(15)14-4-6-16(19)7-5-14/h3-11,23H,1-2H3,(H,20,22)/b21-11-. The van der Waals surface area contributed by atoms with Gasteiger partial charge in [0.25, 0.3) is 10.0 Å². The molecule has 0 amide bonds. The third-order valence-electron chi connectivity index (χ3n) is 3.80. The Kier molecular flexibility index (Phi) is 4.85. The molecule has 8 heteroatoms. The van der Waals surface area contributed by atoms with Crippen LogP contribution in [0.25, 0.3) is 11.3 Å². The molecule has 0 unspecified atom stereocenters. The second-order valence-corrected chi connectivity index (χ2v) is 7.46. The number of halogens is 1. The highest BCUT2D eigenvalue weighted by molar-refractivity contribution is 7.89. The molecule has 0 saturated carbocycles. The van der Waals surface area contributed by atoms with E-state index in [1.165, 1.54) is 24.5 Å². The SMILES string of the molecule is Cc1ccc(S(=O)(=O)N/N=C\c2cn[nH]c2-c2ccc(F)cc2)c(C)c1. The van der Waals surface area contributed by atoms with Crippen molar-refractivity contribution in [1.82, 2.24) is 15.0 Å². The van der Waals surface area contributed by atoms with Crippen molar-refractivity contribution in [3.63, 3.8) is 0 Å². The van der Waals surface area contributed by atoms with Gasteiger partial charge < -0.3 is 0 Å². The molecule has 0 aliphatic rings. The van der Waals surface area contributed by atoms with Gasteiger partial charge in [0.1, 0.15) is 5.82 Å². The first kappa shape index (κ1) is 17.8. The van der Waals surface area contributed by atoms with Crippen LogP contribution in [0.2, 0.25) is 0 Å². The minimum absolute atomic E-state index is 0.172. The van der Waals surface area contributed by atoms with Crippen molar-refractivity contribution in [1.29, 1.82) is 0 Å². The van der Waals surface area contributed by atoms with Crippen molar-refractivity contribution in [3.05, 3.63) is 71.2 Å². The third-order valence-corrected chi connectivity index (χ3v) is 5.18. The maximum absolute atomic E-state index is 13.1. The lowest BCUT2D eigenvalue weighted by Crippen LogP contribution is -2.19. The Balaban J connectivity index is 1.81. The van der Waals surface area contributed by atoms with E-state index < -0.39 is 10.0 Å². The summed E-state index contributed by atoms with van der Waals surface area (Å²) in [5, 5.41) is 10.6. The van der Waals surface area contributed by atoms with Crippen LogP contribution in [0, 0.1) is 19.7 Å². The first-order valence-corrected chi connectivity index (χ1v) is 9.26. The number of nitrogens with zero attached hydrogens (tertiary/aromatic N) is 2. The zero-order valence-electron chi connectivity index (χ0n) is 14.2. The number of aromatic amines is 1. The maximum Gasteiger partial charge on any atom is 0.276 e. The monoisotopic (exact) mass is 372 g/mol. The Bertz CT molecular complexity index is 1060. The fourth-order valence-corrected chi connectivity index (χ4v) is 3.58. The van der Waals surface area contributed by atoms with E-state index in [1.54, 1.807) is 37.3 Å². The van der Waals surface area contributed by atoms with Crippen LogP contribution < -0.4 is 4.83 Å². The van der Waals surface area contributed by atoms with E-state index >= 15 is 0 Å². The minimum atomic E-state index is -3.77. The number of hydrogen-bond acceptors (Lipinski definition) is 4. The Morgan fingerprint density at radius 3 is 2.58 bits per heavy atom. The lowest BCUT2D eigenvalue weighted by Gasteiger charge is -2.07. The predicted molar refractivity (Wildman–Crippen MR) is 97.8 cm³/mol. The van der Waals surface area contributed by atoms with Crippen LogP contribution in [-0.2, 0) is 10.0 Å². The van der Waals surface area contributed by atoms with E-state index in [0.717, 1.165) is 5.56 Å². The van der Waals surface area contributed by atoms with E-state index in [4.69, 9.17) is 0 Å². The van der Waals surface area contributed by atoms with Gasteiger partial charge in [-0.2, -0.15) is 18.6 Å². The molecule has 26 heavy (non-hydrogen) atoms. The fourth-order valence-electron chi connectivity index (χ4n) is 2.56. The molecule has 0 aliphatic heterocycles. The van der Waals surface area contributed by atoms with Crippen molar-refractivity contribution in [2.75, 3.05) is 0 Å². The van der Waals surface area contributed by atoms with Crippen molar-refractivity contribution in [2.45, 2.75) is 18.7 Å². The van der Waals surface area contributed by atoms with Crippen LogP contribution in [0.15, 0.2) is 58.7 Å². The summed E-state index contributed by atoms with van der Waals surface area (Å²) in [6, 6.07) is 10.9. The summed E-state index contributed by atoms with van der Waals surface area (Å²) >= 11 is 0. The Labute approximate surface area is 150 Å². The highest BCUT2D eigenvalue weighted by Gasteiger charge is 2.15. The molecule has 134 valence electrons. The topological polar surface area (TPSA) is 87.2 Å². The molecule has 0 bridgehead atoms. The second-order valence-electron chi connectivity index (χ2n) is 5.83. The Morgan fingerprint density at radius 1 is 1.15 bits per heavy atom. The van der Waals surface area contributed by atoms with Crippen LogP contribution >= 0.6 is 0 Å². The highest BCUT2D eigenvalue weighted by Crippen LogP contribution is 2.20. The van der Waals surface area contributed by atoms with Crippen LogP contribution in [0.4, 0.5) is 4.39 Å². The van der Waals surface area contributed by atoms with Gasteiger partial charge in [-0.05, 0) is 49.7 Å². The molecule has 3 aromatic rings. The van der Waals surface area contributed by atoms with E-state index in [2.05, 4.69) is 20.1 Å². The van der Waals surface area contributed by atoms with Crippen molar-refractivity contribution < 1.29 is 12.8 Å². The average Bonchev–Trinajstić information content (AvgIpc) is 3.03. The van der Waals surface area contributed by atoms with Gasteiger partial charge in [-0.15, -0.1) is 0 Å². The number of nitrogens with one attached hydrogen (secondary N) is 2. The number of sulfonamides is 1. The van der Waals surface area contributed by atoms with E-state index in [-0.39, 0.29) is 10.7 Å². The molecule has 2 aromatic carbocycles. The van der Waals surface area contributed by atoms with Gasteiger partial charge in [0.2, 0.25) is 0 Å². The summed E-state index contributed by atoms with van der Waals surface area (Å²) < 4.78 is 37.8. The molecular weight excluding hydrogens is 355 g/mol. The molecule has 0 fully saturated rings. The molecule has 6 nitrogen and oxygen atoms in total. The molecule has 3 rings (SSSR count). The average molecular weight is 372 g/mol. The summed E-state index contributed by atoms with van der Waals surface area (Å²) in [4.78, 5) is 2.37. The van der Waals surface area contributed by atoms with Gasteiger partial charge in [0.05, 0.1) is 23.0 Å². The fraction of sp³-hybridized carbons (Fsp3) is 0.111. The van der Waals surface area contributed by atoms with Crippen molar-refractivity contribution >= 4 is 16.2 Å². The quantitative estimate of drug-likeness (QED) is 0.533. The minimum Gasteiger partial charge on any atom is -0.277 e. The number of rotatable bonds is 5. The number of hydrazone groups is 1. The Morgan fingerprint density at radius 2 is 1.88 bits per heavy atom. The zero-order valence-corrected chi connectivity index (χ0v) is 15.0. The first-order chi connectivity index (χ1) is 12.4. The second kappa shape index (κ2) is 7.09. The molecule has 0 spiro atoms. The highest BCUT2D eigenvalue weighted by atomic mass is 32.2. The van der Waals surface area contributed by atoms with Gasteiger partial charge in [-0.25, -0.2) is 9.22 Å². The molecular formula is C18H17FN4O2S. The van der Waals surface area contributed by atoms with Crippen LogP contribution in [0.1, 0.15) is 16.7 Å². The number of benzene rings is 2. The zero-order chi connectivity index (χ0) is 18.7. The molecule has 0 atom stereocenters. The number of aryl methyl sites for hydroxylation is 2. The molecule has 0 saturated heterocycles. The van der Waals surface area contributed by atoms with Crippen LogP contribution in [0.3, 0.4) is 0 Å². The normalized spacial score (nSPS) is 11.8. The van der Waals surface area contributed by atoms with Gasteiger partial charge in [-0.3, -0.25) is 5.10 Å². The smallest absolute Gasteiger partial charge is 0.276 e. The Hall–Kier alpha value is -3.00. The maximum atomic E-state index is 13.1. The summed E-state index contributed by atoms with van der Waals surface area (Å²) in [5.41, 5.74) is 3.51. The van der Waals surface area contributed by atoms with Crippen molar-refractivity contribution in [2.24, 2.45) is 5.10 Å². The van der Waals surface area contributed by atoms with Gasteiger partial charge in [-0.1, -0.05) is 17.7 Å². The summed E-state index contributed by atoms with van der Waals surface area (Å²) in [6.45, 7) is 3.62. The van der Waals surface area contributed by atoms with Gasteiger partial charge in [0, 0.05) is 11.1 Å². The summed E-state index contributed by atoms with van der Waals surface area (Å²) in [6.07, 6.45) is 2.86. The van der Waals surface area contributed by atoms with E-state index in [0.29, 0.717) is 22.4 Å². The molecule has 2 N–H and O–H groups in total. The van der Waals surface area contributed by atoms with E-state index in [1.807, 2.05) is 6.92 Å².